The maximum atomic E-state index is 12.2. The maximum Gasteiger partial charge on any atom is 0.273 e. The molecule has 0 bridgehead atoms. The molecule has 7 heteroatoms. The van der Waals surface area contributed by atoms with Crippen LogP contribution in [0.25, 0.3) is 0 Å². The van der Waals surface area contributed by atoms with E-state index in [1.165, 1.54) is 12.8 Å². The van der Waals surface area contributed by atoms with E-state index in [0.29, 0.717) is 29.2 Å². The summed E-state index contributed by atoms with van der Waals surface area (Å²) in [6.07, 6.45) is 3.46. The van der Waals surface area contributed by atoms with Gasteiger partial charge < -0.3 is 15.0 Å². The van der Waals surface area contributed by atoms with Gasteiger partial charge in [-0.05, 0) is 41.9 Å². The van der Waals surface area contributed by atoms with Crippen LogP contribution in [0.4, 0.5) is 0 Å². The fourth-order valence-corrected chi connectivity index (χ4v) is 3.24. The SMILES string of the molecule is O=C(NCCN1CCCC1)c1nn2c(c1Br)OCCC2. The molecule has 0 unspecified atom stereocenters. The molecule has 3 heterocycles. The van der Waals surface area contributed by atoms with Gasteiger partial charge in [0, 0.05) is 26.1 Å². The summed E-state index contributed by atoms with van der Waals surface area (Å²) in [4.78, 5) is 14.5. The average molecular weight is 343 g/mol. The van der Waals surface area contributed by atoms with Crippen LogP contribution in [-0.4, -0.2) is 53.4 Å². The lowest BCUT2D eigenvalue weighted by Crippen LogP contribution is -2.33. The molecule has 1 N–H and O–H groups in total. The van der Waals surface area contributed by atoms with Gasteiger partial charge in [-0.1, -0.05) is 0 Å². The fourth-order valence-electron chi connectivity index (χ4n) is 2.66. The quantitative estimate of drug-likeness (QED) is 0.894. The van der Waals surface area contributed by atoms with E-state index >= 15 is 0 Å². The number of amides is 1. The molecule has 3 rings (SSSR count). The van der Waals surface area contributed by atoms with Crippen molar-refractivity contribution in [3.05, 3.63) is 10.2 Å². The molecule has 0 aliphatic carbocycles. The zero-order chi connectivity index (χ0) is 13.9. The van der Waals surface area contributed by atoms with Crippen molar-refractivity contribution in [3.63, 3.8) is 0 Å². The Morgan fingerprint density at radius 2 is 2.10 bits per heavy atom. The van der Waals surface area contributed by atoms with Crippen LogP contribution >= 0.6 is 15.9 Å². The van der Waals surface area contributed by atoms with Crippen LogP contribution in [0.15, 0.2) is 4.47 Å². The van der Waals surface area contributed by atoms with Crippen molar-refractivity contribution < 1.29 is 9.53 Å². The zero-order valence-corrected chi connectivity index (χ0v) is 13.0. The molecule has 20 heavy (non-hydrogen) atoms. The molecule has 2 aliphatic heterocycles. The lowest BCUT2D eigenvalue weighted by molar-refractivity contribution is 0.0943. The third-order valence-corrected chi connectivity index (χ3v) is 4.45. The number of rotatable bonds is 4. The molecular weight excluding hydrogens is 324 g/mol. The Labute approximate surface area is 126 Å². The summed E-state index contributed by atoms with van der Waals surface area (Å²) >= 11 is 3.42. The van der Waals surface area contributed by atoms with Crippen molar-refractivity contribution in [1.82, 2.24) is 20.0 Å². The molecule has 6 nitrogen and oxygen atoms in total. The first-order chi connectivity index (χ1) is 9.75. The summed E-state index contributed by atoms with van der Waals surface area (Å²) in [6.45, 7) is 5.34. The Hall–Kier alpha value is -1.08. The molecule has 0 aromatic carbocycles. The van der Waals surface area contributed by atoms with Gasteiger partial charge in [0.1, 0.15) is 4.47 Å². The minimum absolute atomic E-state index is 0.137. The Balaban J connectivity index is 1.58. The first kappa shape index (κ1) is 13.9. The Bertz CT molecular complexity index is 497. The number of halogens is 1. The highest BCUT2D eigenvalue weighted by molar-refractivity contribution is 9.10. The van der Waals surface area contributed by atoms with E-state index in [1.807, 2.05) is 0 Å². The number of aromatic nitrogens is 2. The molecule has 0 saturated carbocycles. The van der Waals surface area contributed by atoms with Crippen LogP contribution in [0.5, 0.6) is 5.88 Å². The fraction of sp³-hybridized carbons (Fsp3) is 0.692. The molecular formula is C13H19BrN4O2. The molecule has 0 radical (unpaired) electrons. The second-order valence-corrected chi connectivity index (χ2v) is 5.99. The highest BCUT2D eigenvalue weighted by Crippen LogP contribution is 2.31. The summed E-state index contributed by atoms with van der Waals surface area (Å²) < 4.78 is 7.95. The van der Waals surface area contributed by atoms with Crippen molar-refractivity contribution >= 4 is 21.8 Å². The molecule has 2 aliphatic rings. The average Bonchev–Trinajstić information content (AvgIpc) is 3.08. The lowest BCUT2D eigenvalue weighted by Gasteiger charge is -2.14. The molecule has 1 aromatic rings. The second kappa shape index (κ2) is 6.13. The van der Waals surface area contributed by atoms with E-state index in [-0.39, 0.29) is 5.91 Å². The number of hydrogen-bond acceptors (Lipinski definition) is 4. The summed E-state index contributed by atoms with van der Waals surface area (Å²) in [5.41, 5.74) is 0.420. The van der Waals surface area contributed by atoms with Gasteiger partial charge in [-0.2, -0.15) is 5.10 Å². The van der Waals surface area contributed by atoms with Gasteiger partial charge in [0.05, 0.1) is 6.61 Å². The van der Waals surface area contributed by atoms with E-state index in [0.717, 1.165) is 32.6 Å². The van der Waals surface area contributed by atoms with E-state index < -0.39 is 0 Å². The number of hydrogen-bond donors (Lipinski definition) is 1. The number of likely N-dealkylation sites (tertiary alicyclic amines) is 1. The normalized spacial score (nSPS) is 18.6. The van der Waals surface area contributed by atoms with Gasteiger partial charge in [-0.25, -0.2) is 4.68 Å². The minimum atomic E-state index is -0.137. The van der Waals surface area contributed by atoms with Gasteiger partial charge in [0.15, 0.2) is 5.69 Å². The standard InChI is InChI=1S/C13H19BrN4O2/c14-10-11(16-18-7-3-9-20-13(10)18)12(19)15-4-8-17-5-1-2-6-17/h1-9H2,(H,15,19). The molecule has 0 spiro atoms. The highest BCUT2D eigenvalue weighted by atomic mass is 79.9. The van der Waals surface area contributed by atoms with Gasteiger partial charge in [-0.15, -0.1) is 0 Å². The van der Waals surface area contributed by atoms with Gasteiger partial charge in [-0.3, -0.25) is 4.79 Å². The maximum absolute atomic E-state index is 12.2. The first-order valence-electron chi connectivity index (χ1n) is 7.15. The van der Waals surface area contributed by atoms with Crippen LogP contribution in [0, 0.1) is 0 Å². The predicted molar refractivity (Wildman–Crippen MR) is 78.0 cm³/mol. The smallest absolute Gasteiger partial charge is 0.273 e. The summed E-state index contributed by atoms with van der Waals surface area (Å²) in [5.74, 6) is 0.530. The van der Waals surface area contributed by atoms with E-state index in [2.05, 4.69) is 31.2 Å². The van der Waals surface area contributed by atoms with Crippen molar-refractivity contribution in [2.24, 2.45) is 0 Å². The third kappa shape index (κ3) is 2.83. The van der Waals surface area contributed by atoms with Crippen molar-refractivity contribution in [3.8, 4) is 5.88 Å². The number of nitrogens with zero attached hydrogens (tertiary/aromatic N) is 3. The Morgan fingerprint density at radius 3 is 2.85 bits per heavy atom. The summed E-state index contributed by atoms with van der Waals surface area (Å²) in [5, 5.41) is 7.25. The van der Waals surface area contributed by atoms with E-state index in [9.17, 15) is 4.79 Å². The monoisotopic (exact) mass is 342 g/mol. The second-order valence-electron chi connectivity index (χ2n) is 5.20. The number of fused-ring (bicyclic) bond motifs is 1. The van der Waals surface area contributed by atoms with Crippen LogP contribution < -0.4 is 10.1 Å². The number of nitrogens with one attached hydrogen (secondary N) is 1. The van der Waals surface area contributed by atoms with Crippen molar-refractivity contribution in [2.45, 2.75) is 25.8 Å². The van der Waals surface area contributed by atoms with Crippen LogP contribution in [0.3, 0.4) is 0 Å². The lowest BCUT2D eigenvalue weighted by atomic mass is 10.4. The van der Waals surface area contributed by atoms with Crippen molar-refractivity contribution in [1.29, 1.82) is 0 Å². The van der Waals surface area contributed by atoms with Gasteiger partial charge >= 0.3 is 0 Å². The van der Waals surface area contributed by atoms with Crippen molar-refractivity contribution in [2.75, 3.05) is 32.8 Å². The Kier molecular flexibility index (Phi) is 4.26. The van der Waals surface area contributed by atoms with E-state index in [4.69, 9.17) is 4.74 Å². The zero-order valence-electron chi connectivity index (χ0n) is 11.4. The Morgan fingerprint density at radius 1 is 1.30 bits per heavy atom. The largest absolute Gasteiger partial charge is 0.477 e. The molecule has 1 fully saturated rings. The van der Waals surface area contributed by atoms with Crippen LogP contribution in [0.2, 0.25) is 0 Å². The number of carbonyl (C=O) groups is 1. The predicted octanol–water partition coefficient (Wildman–Crippen LogP) is 1.25. The number of aryl methyl sites for hydroxylation is 1. The topological polar surface area (TPSA) is 59.4 Å². The third-order valence-electron chi connectivity index (χ3n) is 3.73. The molecule has 110 valence electrons. The highest BCUT2D eigenvalue weighted by Gasteiger charge is 2.24. The first-order valence-corrected chi connectivity index (χ1v) is 7.94. The number of ether oxygens (including phenoxy) is 1. The molecule has 0 atom stereocenters. The molecule has 1 aromatic heterocycles. The van der Waals surface area contributed by atoms with E-state index in [1.54, 1.807) is 4.68 Å². The van der Waals surface area contributed by atoms with Gasteiger partial charge in [0.2, 0.25) is 5.88 Å². The number of carbonyl (C=O) groups excluding carboxylic acids is 1. The van der Waals surface area contributed by atoms with Crippen LogP contribution in [-0.2, 0) is 6.54 Å². The summed E-state index contributed by atoms with van der Waals surface area (Å²) in [6, 6.07) is 0. The van der Waals surface area contributed by atoms with Crippen LogP contribution in [0.1, 0.15) is 29.8 Å². The summed E-state index contributed by atoms with van der Waals surface area (Å²) in [7, 11) is 0. The molecule has 1 amide bonds. The molecule has 1 saturated heterocycles. The minimum Gasteiger partial charge on any atom is -0.477 e. The van der Waals surface area contributed by atoms with Gasteiger partial charge in [0.25, 0.3) is 5.91 Å².